The minimum Gasteiger partial charge on any atom is -0.360 e. The van der Waals surface area contributed by atoms with E-state index in [9.17, 15) is 9.59 Å². The first-order valence-electron chi connectivity index (χ1n) is 7.42. The number of piperazine rings is 1. The summed E-state index contributed by atoms with van der Waals surface area (Å²) in [5.41, 5.74) is 1.18. The molecule has 0 spiro atoms. The number of Topliss-reactive ketones (excluding diaryl/α,β-unsaturated/α-hetero) is 1. The van der Waals surface area contributed by atoms with Crippen LogP contribution in [-0.2, 0) is 4.79 Å². The number of hydrogen-bond acceptors (Lipinski definition) is 3. The molecule has 1 saturated heterocycles. The van der Waals surface area contributed by atoms with Crippen molar-refractivity contribution in [2.24, 2.45) is 0 Å². The summed E-state index contributed by atoms with van der Waals surface area (Å²) in [4.78, 5) is 31.8. The summed E-state index contributed by atoms with van der Waals surface area (Å²) >= 11 is 5.93. The predicted octanol–water partition coefficient (Wildman–Crippen LogP) is 2.17. The van der Waals surface area contributed by atoms with Crippen molar-refractivity contribution in [2.45, 2.75) is 6.92 Å². The molecule has 116 valence electrons. The van der Waals surface area contributed by atoms with E-state index in [0.29, 0.717) is 23.7 Å². The van der Waals surface area contributed by atoms with Crippen LogP contribution in [0.2, 0.25) is 5.02 Å². The number of benzene rings is 1. The Kier molecular flexibility index (Phi) is 4.18. The van der Waals surface area contributed by atoms with Gasteiger partial charge in [0.05, 0.1) is 5.56 Å². The van der Waals surface area contributed by atoms with Gasteiger partial charge in [0.1, 0.15) is 0 Å². The highest BCUT2D eigenvalue weighted by molar-refractivity contribution is 6.45. The molecule has 1 amide bonds. The normalized spacial score (nSPS) is 16.2. The number of hydrogen-bond donors (Lipinski definition) is 1. The maximum absolute atomic E-state index is 12.5. The fourth-order valence-corrected chi connectivity index (χ4v) is 2.98. The van der Waals surface area contributed by atoms with Gasteiger partial charge in [0.2, 0.25) is 0 Å². The van der Waals surface area contributed by atoms with Gasteiger partial charge < -0.3 is 14.8 Å². The first-order chi connectivity index (χ1) is 10.6. The highest BCUT2D eigenvalue weighted by Crippen LogP contribution is 2.23. The van der Waals surface area contributed by atoms with Crippen molar-refractivity contribution < 1.29 is 9.59 Å². The molecule has 5 nitrogen and oxygen atoms in total. The maximum Gasteiger partial charge on any atom is 0.295 e. The summed E-state index contributed by atoms with van der Waals surface area (Å²) in [5, 5.41) is 1.32. The van der Waals surface area contributed by atoms with Crippen LogP contribution in [0.4, 0.5) is 0 Å². The molecule has 22 heavy (non-hydrogen) atoms. The van der Waals surface area contributed by atoms with Crippen molar-refractivity contribution in [2.75, 3.05) is 32.7 Å². The number of aromatic nitrogens is 1. The van der Waals surface area contributed by atoms with Crippen molar-refractivity contribution in [1.82, 2.24) is 14.8 Å². The summed E-state index contributed by atoms with van der Waals surface area (Å²) in [7, 11) is 0. The van der Waals surface area contributed by atoms with Crippen LogP contribution < -0.4 is 0 Å². The summed E-state index contributed by atoms with van der Waals surface area (Å²) in [6.45, 7) is 5.91. The van der Waals surface area contributed by atoms with Crippen molar-refractivity contribution in [1.29, 1.82) is 0 Å². The van der Waals surface area contributed by atoms with Crippen LogP contribution >= 0.6 is 11.6 Å². The number of fused-ring (bicyclic) bond motifs is 1. The summed E-state index contributed by atoms with van der Waals surface area (Å²) < 4.78 is 0. The molecule has 1 fully saturated rings. The molecule has 1 aromatic heterocycles. The molecular weight excluding hydrogens is 302 g/mol. The quantitative estimate of drug-likeness (QED) is 0.697. The number of ketones is 1. The molecule has 2 heterocycles. The van der Waals surface area contributed by atoms with E-state index in [1.54, 1.807) is 29.3 Å². The number of likely N-dealkylation sites (N-methyl/N-ethyl adjacent to an activating group) is 1. The van der Waals surface area contributed by atoms with E-state index in [1.165, 1.54) is 0 Å². The van der Waals surface area contributed by atoms with Crippen LogP contribution in [0.5, 0.6) is 0 Å². The van der Waals surface area contributed by atoms with Gasteiger partial charge in [-0.2, -0.15) is 0 Å². The SMILES string of the molecule is CCN1CCN(C(=O)C(=O)c2c[nH]c3cc(Cl)ccc23)CC1. The second-order valence-electron chi connectivity index (χ2n) is 5.45. The summed E-state index contributed by atoms with van der Waals surface area (Å²) in [6, 6.07) is 5.24. The molecule has 1 aliphatic heterocycles. The number of nitrogens with zero attached hydrogens (tertiary/aromatic N) is 2. The van der Waals surface area contributed by atoms with Gasteiger partial charge in [-0.05, 0) is 18.7 Å². The molecule has 0 saturated carbocycles. The van der Waals surface area contributed by atoms with Gasteiger partial charge in [0.15, 0.2) is 0 Å². The lowest BCUT2D eigenvalue weighted by molar-refractivity contribution is -0.128. The van der Waals surface area contributed by atoms with E-state index in [2.05, 4.69) is 16.8 Å². The minimum atomic E-state index is -0.460. The van der Waals surface area contributed by atoms with E-state index in [-0.39, 0.29) is 0 Å². The lowest BCUT2D eigenvalue weighted by Gasteiger charge is -2.33. The third-order valence-electron chi connectivity index (χ3n) is 4.19. The standard InChI is InChI=1S/C16H18ClN3O2/c1-2-19-5-7-20(8-6-19)16(22)15(21)13-10-18-14-9-11(17)3-4-12(13)14/h3-4,9-10,18H,2,5-8H2,1H3. The van der Waals surface area contributed by atoms with Crippen LogP contribution in [0, 0.1) is 0 Å². The third-order valence-corrected chi connectivity index (χ3v) is 4.42. The number of carbonyl (C=O) groups excluding carboxylic acids is 2. The average molecular weight is 320 g/mol. The van der Waals surface area contributed by atoms with Gasteiger partial charge in [0.25, 0.3) is 11.7 Å². The Hall–Kier alpha value is -1.85. The van der Waals surface area contributed by atoms with Crippen LogP contribution in [0.3, 0.4) is 0 Å². The number of H-pyrrole nitrogens is 1. The largest absolute Gasteiger partial charge is 0.360 e. The molecule has 0 atom stereocenters. The summed E-state index contributed by atoms with van der Waals surface area (Å²) in [6.07, 6.45) is 1.59. The molecule has 0 radical (unpaired) electrons. The maximum atomic E-state index is 12.5. The number of amides is 1. The second-order valence-corrected chi connectivity index (χ2v) is 5.88. The summed E-state index contributed by atoms with van der Waals surface area (Å²) in [5.74, 6) is -0.884. The molecule has 1 aromatic carbocycles. The van der Waals surface area contributed by atoms with Gasteiger partial charge in [0, 0.05) is 48.3 Å². The van der Waals surface area contributed by atoms with E-state index in [1.807, 2.05) is 0 Å². The molecule has 6 heteroatoms. The van der Waals surface area contributed by atoms with Crippen LogP contribution in [-0.4, -0.2) is 59.2 Å². The zero-order valence-corrected chi connectivity index (χ0v) is 13.2. The topological polar surface area (TPSA) is 56.4 Å². The highest BCUT2D eigenvalue weighted by Gasteiger charge is 2.27. The molecule has 0 aliphatic carbocycles. The predicted molar refractivity (Wildman–Crippen MR) is 86.3 cm³/mol. The second kappa shape index (κ2) is 6.10. The smallest absolute Gasteiger partial charge is 0.295 e. The Labute approximate surface area is 133 Å². The monoisotopic (exact) mass is 319 g/mol. The van der Waals surface area contributed by atoms with Crippen molar-refractivity contribution in [3.63, 3.8) is 0 Å². The lowest BCUT2D eigenvalue weighted by Crippen LogP contribution is -2.50. The number of rotatable bonds is 3. The molecule has 0 unspecified atom stereocenters. The van der Waals surface area contributed by atoms with Crippen molar-refractivity contribution in [3.05, 3.63) is 35.0 Å². The average Bonchev–Trinajstić information content (AvgIpc) is 2.96. The molecular formula is C16H18ClN3O2. The molecule has 0 bridgehead atoms. The molecule has 2 aromatic rings. The first kappa shape index (κ1) is 15.1. The van der Waals surface area contributed by atoms with E-state index >= 15 is 0 Å². The van der Waals surface area contributed by atoms with Gasteiger partial charge in [-0.15, -0.1) is 0 Å². The highest BCUT2D eigenvalue weighted by atomic mass is 35.5. The Morgan fingerprint density at radius 3 is 2.64 bits per heavy atom. The molecule has 1 aliphatic rings. The zero-order valence-electron chi connectivity index (χ0n) is 12.4. The van der Waals surface area contributed by atoms with Crippen LogP contribution in [0.15, 0.2) is 24.4 Å². The Morgan fingerprint density at radius 2 is 1.95 bits per heavy atom. The number of nitrogens with one attached hydrogen (secondary N) is 1. The Bertz CT molecular complexity index is 717. The fourth-order valence-electron chi connectivity index (χ4n) is 2.81. The molecule has 3 rings (SSSR count). The third kappa shape index (κ3) is 2.74. The van der Waals surface area contributed by atoms with E-state index in [0.717, 1.165) is 30.5 Å². The zero-order chi connectivity index (χ0) is 15.7. The number of carbonyl (C=O) groups is 2. The van der Waals surface area contributed by atoms with Gasteiger partial charge in [-0.3, -0.25) is 9.59 Å². The van der Waals surface area contributed by atoms with E-state index < -0.39 is 11.7 Å². The first-order valence-corrected chi connectivity index (χ1v) is 7.80. The van der Waals surface area contributed by atoms with Crippen molar-refractivity contribution >= 4 is 34.2 Å². The minimum absolute atomic E-state index is 0.412. The van der Waals surface area contributed by atoms with Crippen molar-refractivity contribution in [3.8, 4) is 0 Å². The lowest BCUT2D eigenvalue weighted by atomic mass is 10.1. The number of aromatic amines is 1. The number of halogens is 1. The van der Waals surface area contributed by atoms with Crippen LogP contribution in [0.1, 0.15) is 17.3 Å². The fraction of sp³-hybridized carbons (Fsp3) is 0.375. The van der Waals surface area contributed by atoms with Crippen LogP contribution in [0.25, 0.3) is 10.9 Å². The van der Waals surface area contributed by atoms with Gasteiger partial charge >= 0.3 is 0 Å². The van der Waals surface area contributed by atoms with Gasteiger partial charge in [-0.1, -0.05) is 24.6 Å². The van der Waals surface area contributed by atoms with Gasteiger partial charge in [-0.25, -0.2) is 0 Å². The molecule has 1 N–H and O–H groups in total. The van der Waals surface area contributed by atoms with E-state index in [4.69, 9.17) is 11.6 Å². The Morgan fingerprint density at radius 1 is 1.23 bits per heavy atom. The Balaban J connectivity index is 1.79.